The first-order valence-corrected chi connectivity index (χ1v) is 5.62. The Morgan fingerprint density at radius 2 is 2.19 bits per heavy atom. The minimum atomic E-state index is -0.657. The smallest absolute Gasteiger partial charge is 0.256 e. The van der Waals surface area contributed by atoms with Crippen LogP contribution in [0.3, 0.4) is 0 Å². The SMILES string of the molecule is O=C1c2ccccc2NC(O)[C@@H]2CCCN12. The Labute approximate surface area is 93.9 Å². The summed E-state index contributed by atoms with van der Waals surface area (Å²) in [6.45, 7) is 0.747. The minimum absolute atomic E-state index is 0.0298. The Morgan fingerprint density at radius 1 is 1.38 bits per heavy atom. The number of aliphatic hydroxyl groups excluding tert-OH is 1. The van der Waals surface area contributed by atoms with Crippen LogP contribution in [0.5, 0.6) is 0 Å². The minimum Gasteiger partial charge on any atom is -0.372 e. The van der Waals surface area contributed by atoms with Gasteiger partial charge in [-0.1, -0.05) is 12.1 Å². The number of carbonyl (C=O) groups excluding carboxylic acids is 1. The van der Waals surface area contributed by atoms with Crippen molar-refractivity contribution in [2.24, 2.45) is 0 Å². The Bertz CT molecular complexity index is 433. The Morgan fingerprint density at radius 3 is 3.06 bits per heavy atom. The summed E-state index contributed by atoms with van der Waals surface area (Å²) in [5.41, 5.74) is 1.39. The van der Waals surface area contributed by atoms with Crippen LogP contribution >= 0.6 is 0 Å². The zero-order chi connectivity index (χ0) is 11.1. The molecule has 0 aromatic heterocycles. The molecule has 0 spiro atoms. The molecule has 0 aliphatic carbocycles. The second-order valence-corrected chi connectivity index (χ2v) is 4.34. The maximum atomic E-state index is 12.2. The molecular formula is C12H14N2O2. The molecule has 2 aliphatic heterocycles. The van der Waals surface area contributed by atoms with Crippen LogP contribution in [0.4, 0.5) is 5.69 Å². The molecule has 0 bridgehead atoms. The lowest BCUT2D eigenvalue weighted by atomic mass is 10.1. The molecule has 1 aromatic rings. The van der Waals surface area contributed by atoms with Crippen molar-refractivity contribution in [2.45, 2.75) is 25.1 Å². The van der Waals surface area contributed by atoms with E-state index in [0.717, 1.165) is 25.1 Å². The summed E-state index contributed by atoms with van der Waals surface area (Å²) in [5.74, 6) is 0.0298. The van der Waals surface area contributed by atoms with E-state index in [0.29, 0.717) is 5.56 Å². The van der Waals surface area contributed by atoms with Crippen LogP contribution in [-0.2, 0) is 0 Å². The molecule has 2 heterocycles. The van der Waals surface area contributed by atoms with E-state index in [9.17, 15) is 9.90 Å². The molecule has 2 atom stereocenters. The quantitative estimate of drug-likeness (QED) is 0.684. The highest BCUT2D eigenvalue weighted by Crippen LogP contribution is 2.29. The third kappa shape index (κ3) is 1.30. The van der Waals surface area contributed by atoms with Gasteiger partial charge < -0.3 is 15.3 Å². The number of amides is 1. The van der Waals surface area contributed by atoms with Crippen LogP contribution < -0.4 is 5.32 Å². The van der Waals surface area contributed by atoms with E-state index < -0.39 is 6.23 Å². The van der Waals surface area contributed by atoms with Crippen LogP contribution in [-0.4, -0.2) is 34.7 Å². The van der Waals surface area contributed by atoms with Gasteiger partial charge in [-0.3, -0.25) is 4.79 Å². The lowest BCUT2D eigenvalue weighted by molar-refractivity contribution is 0.0581. The van der Waals surface area contributed by atoms with E-state index in [1.807, 2.05) is 18.2 Å². The molecule has 0 saturated carbocycles. The summed E-state index contributed by atoms with van der Waals surface area (Å²) in [4.78, 5) is 14.0. The van der Waals surface area contributed by atoms with Crippen LogP contribution in [0.15, 0.2) is 24.3 Å². The summed E-state index contributed by atoms with van der Waals surface area (Å²) in [6.07, 6.45) is 1.18. The van der Waals surface area contributed by atoms with Gasteiger partial charge >= 0.3 is 0 Å². The number of hydrogen-bond acceptors (Lipinski definition) is 3. The monoisotopic (exact) mass is 218 g/mol. The fourth-order valence-electron chi connectivity index (χ4n) is 2.58. The summed E-state index contributed by atoms with van der Waals surface area (Å²) in [5, 5.41) is 13.0. The van der Waals surface area contributed by atoms with Crippen LogP contribution in [0.25, 0.3) is 0 Å². The van der Waals surface area contributed by atoms with Crippen molar-refractivity contribution in [1.82, 2.24) is 4.90 Å². The molecule has 1 aromatic carbocycles. The number of carbonyl (C=O) groups is 1. The van der Waals surface area contributed by atoms with Gasteiger partial charge in [0.2, 0.25) is 0 Å². The molecular weight excluding hydrogens is 204 g/mol. The average molecular weight is 218 g/mol. The molecule has 84 valence electrons. The lowest BCUT2D eigenvalue weighted by Gasteiger charge is -2.25. The Hall–Kier alpha value is -1.55. The number of fused-ring (bicyclic) bond motifs is 2. The highest BCUT2D eigenvalue weighted by Gasteiger charge is 2.37. The summed E-state index contributed by atoms with van der Waals surface area (Å²) in [7, 11) is 0. The van der Waals surface area contributed by atoms with Crippen molar-refractivity contribution in [3.63, 3.8) is 0 Å². The highest BCUT2D eigenvalue weighted by atomic mass is 16.3. The molecule has 2 N–H and O–H groups in total. The van der Waals surface area contributed by atoms with Gasteiger partial charge in [-0.05, 0) is 25.0 Å². The maximum absolute atomic E-state index is 12.2. The van der Waals surface area contributed by atoms with Crippen LogP contribution in [0.1, 0.15) is 23.2 Å². The van der Waals surface area contributed by atoms with E-state index in [4.69, 9.17) is 0 Å². The highest BCUT2D eigenvalue weighted by molar-refractivity contribution is 6.00. The molecule has 1 fully saturated rings. The molecule has 4 nitrogen and oxygen atoms in total. The number of nitrogens with one attached hydrogen (secondary N) is 1. The normalized spacial score (nSPS) is 28.1. The second kappa shape index (κ2) is 3.49. The second-order valence-electron chi connectivity index (χ2n) is 4.34. The van der Waals surface area contributed by atoms with Crippen LogP contribution in [0.2, 0.25) is 0 Å². The number of nitrogens with zero attached hydrogens (tertiary/aromatic N) is 1. The number of benzene rings is 1. The van der Waals surface area contributed by atoms with Gasteiger partial charge in [-0.15, -0.1) is 0 Å². The molecule has 1 saturated heterocycles. The van der Waals surface area contributed by atoms with Gasteiger partial charge in [-0.25, -0.2) is 0 Å². The summed E-state index contributed by atoms with van der Waals surface area (Å²) < 4.78 is 0. The Balaban J connectivity index is 2.08. The fraction of sp³-hybridized carbons (Fsp3) is 0.417. The van der Waals surface area contributed by atoms with Gasteiger partial charge in [0.25, 0.3) is 5.91 Å². The van der Waals surface area contributed by atoms with Gasteiger partial charge in [0, 0.05) is 12.2 Å². The number of anilines is 1. The van der Waals surface area contributed by atoms with Gasteiger partial charge in [0.1, 0.15) is 6.23 Å². The molecule has 4 heteroatoms. The Kier molecular flexibility index (Phi) is 2.11. The van der Waals surface area contributed by atoms with Crippen molar-refractivity contribution in [3.8, 4) is 0 Å². The van der Waals surface area contributed by atoms with Gasteiger partial charge in [-0.2, -0.15) is 0 Å². The predicted octanol–water partition coefficient (Wildman–Crippen LogP) is 1.04. The molecule has 3 rings (SSSR count). The first-order chi connectivity index (χ1) is 7.77. The number of rotatable bonds is 0. The van der Waals surface area contributed by atoms with Crippen LogP contribution in [0, 0.1) is 0 Å². The van der Waals surface area contributed by atoms with E-state index in [1.54, 1.807) is 11.0 Å². The molecule has 1 amide bonds. The molecule has 16 heavy (non-hydrogen) atoms. The summed E-state index contributed by atoms with van der Waals surface area (Å²) in [6, 6.07) is 7.26. The largest absolute Gasteiger partial charge is 0.372 e. The zero-order valence-corrected chi connectivity index (χ0v) is 8.89. The maximum Gasteiger partial charge on any atom is 0.256 e. The van der Waals surface area contributed by atoms with Crippen molar-refractivity contribution in [3.05, 3.63) is 29.8 Å². The fourth-order valence-corrected chi connectivity index (χ4v) is 2.58. The van der Waals surface area contributed by atoms with Crippen molar-refractivity contribution in [2.75, 3.05) is 11.9 Å². The standard InChI is InChI=1S/C12H14N2O2/c15-11-10-6-3-7-14(10)12(16)8-4-1-2-5-9(8)13-11/h1-2,4-5,10-11,13,15H,3,6-7H2/t10-,11?/m0/s1. The molecule has 1 unspecified atom stereocenters. The van der Waals surface area contributed by atoms with Gasteiger partial charge in [0.15, 0.2) is 0 Å². The van der Waals surface area contributed by atoms with E-state index >= 15 is 0 Å². The third-order valence-corrected chi connectivity index (χ3v) is 3.39. The van der Waals surface area contributed by atoms with Crippen molar-refractivity contribution >= 4 is 11.6 Å². The zero-order valence-electron chi connectivity index (χ0n) is 8.89. The third-order valence-electron chi connectivity index (χ3n) is 3.39. The van der Waals surface area contributed by atoms with E-state index in [1.165, 1.54) is 0 Å². The van der Waals surface area contributed by atoms with E-state index in [-0.39, 0.29) is 11.9 Å². The van der Waals surface area contributed by atoms with Crippen molar-refractivity contribution in [1.29, 1.82) is 0 Å². The summed E-state index contributed by atoms with van der Waals surface area (Å²) >= 11 is 0. The topological polar surface area (TPSA) is 52.6 Å². The molecule has 0 radical (unpaired) electrons. The first-order valence-electron chi connectivity index (χ1n) is 5.62. The number of aliphatic hydroxyl groups is 1. The van der Waals surface area contributed by atoms with E-state index in [2.05, 4.69) is 5.32 Å². The van der Waals surface area contributed by atoms with Crippen molar-refractivity contribution < 1.29 is 9.90 Å². The number of hydrogen-bond donors (Lipinski definition) is 2. The number of para-hydroxylation sites is 1. The lowest BCUT2D eigenvalue weighted by Crippen LogP contribution is -2.43. The average Bonchev–Trinajstić information content (AvgIpc) is 2.74. The predicted molar refractivity (Wildman–Crippen MR) is 60.1 cm³/mol. The first kappa shape index (κ1) is 9.66. The molecule has 2 aliphatic rings. The van der Waals surface area contributed by atoms with Gasteiger partial charge in [0.05, 0.1) is 11.6 Å².